The van der Waals surface area contributed by atoms with Crippen molar-refractivity contribution in [3.8, 4) is 11.9 Å². The Morgan fingerprint density at radius 2 is 2.47 bits per heavy atom. The summed E-state index contributed by atoms with van der Waals surface area (Å²) in [5.74, 6) is 0.464. The van der Waals surface area contributed by atoms with Gasteiger partial charge >= 0.3 is 0 Å². The zero-order valence-electron chi connectivity index (χ0n) is 8.66. The normalized spacial score (nSPS) is 19.9. The first-order chi connectivity index (χ1) is 7.29. The second kappa shape index (κ2) is 4.28. The topological polar surface area (TPSA) is 57.9 Å². The van der Waals surface area contributed by atoms with Gasteiger partial charge < -0.3 is 10.1 Å². The van der Waals surface area contributed by atoms with E-state index in [1.165, 1.54) is 0 Å². The van der Waals surface area contributed by atoms with Crippen molar-refractivity contribution in [3.05, 3.63) is 23.4 Å². The van der Waals surface area contributed by atoms with Crippen molar-refractivity contribution in [2.24, 2.45) is 0 Å². The van der Waals surface area contributed by atoms with Crippen LogP contribution in [0.4, 0.5) is 0 Å². The van der Waals surface area contributed by atoms with Gasteiger partial charge in [0.25, 0.3) is 0 Å². The van der Waals surface area contributed by atoms with Gasteiger partial charge in [0.1, 0.15) is 17.7 Å². The van der Waals surface area contributed by atoms with E-state index in [0.29, 0.717) is 11.4 Å². The standard InChI is InChI=1S/C11H13N3O/c1-8-2-3-9(6-12)11(14-8)15-10-4-5-13-7-10/h2-3,10,13H,4-5,7H2,1H3. The molecule has 2 heterocycles. The first-order valence-corrected chi connectivity index (χ1v) is 5.04. The highest BCUT2D eigenvalue weighted by Crippen LogP contribution is 2.18. The highest BCUT2D eigenvalue weighted by atomic mass is 16.5. The second-order valence-electron chi connectivity index (χ2n) is 3.65. The molecule has 1 atom stereocenters. The molecular weight excluding hydrogens is 190 g/mol. The number of ether oxygens (including phenoxy) is 1. The van der Waals surface area contributed by atoms with Gasteiger partial charge in [-0.3, -0.25) is 0 Å². The van der Waals surface area contributed by atoms with Crippen LogP contribution in [0.25, 0.3) is 0 Å². The molecule has 0 saturated carbocycles. The summed E-state index contributed by atoms with van der Waals surface area (Å²) in [4.78, 5) is 4.23. The molecular formula is C11H13N3O. The average Bonchev–Trinajstić information content (AvgIpc) is 2.71. The van der Waals surface area contributed by atoms with Crippen molar-refractivity contribution in [1.29, 1.82) is 5.26 Å². The number of hydrogen-bond donors (Lipinski definition) is 1. The van der Waals surface area contributed by atoms with Crippen molar-refractivity contribution < 1.29 is 4.74 Å². The minimum atomic E-state index is 0.145. The lowest BCUT2D eigenvalue weighted by molar-refractivity contribution is 0.213. The van der Waals surface area contributed by atoms with E-state index >= 15 is 0 Å². The summed E-state index contributed by atoms with van der Waals surface area (Å²) in [6.45, 7) is 3.69. The molecule has 1 saturated heterocycles. The summed E-state index contributed by atoms with van der Waals surface area (Å²) in [6.07, 6.45) is 1.12. The molecule has 1 fully saturated rings. The lowest BCUT2D eigenvalue weighted by Crippen LogP contribution is -2.20. The predicted octanol–water partition coefficient (Wildman–Crippen LogP) is 1.00. The molecule has 0 bridgehead atoms. The van der Waals surface area contributed by atoms with Gasteiger partial charge in [0.2, 0.25) is 5.88 Å². The molecule has 0 spiro atoms. The zero-order valence-corrected chi connectivity index (χ0v) is 8.66. The Labute approximate surface area is 88.9 Å². The van der Waals surface area contributed by atoms with E-state index in [9.17, 15) is 0 Å². The first kappa shape index (κ1) is 9.94. The van der Waals surface area contributed by atoms with Gasteiger partial charge in [-0.15, -0.1) is 0 Å². The van der Waals surface area contributed by atoms with Crippen LogP contribution in [0.5, 0.6) is 5.88 Å². The average molecular weight is 203 g/mol. The van der Waals surface area contributed by atoms with Gasteiger partial charge in [-0.25, -0.2) is 4.98 Å². The van der Waals surface area contributed by atoms with E-state index < -0.39 is 0 Å². The van der Waals surface area contributed by atoms with Crippen LogP contribution >= 0.6 is 0 Å². The molecule has 4 nitrogen and oxygen atoms in total. The molecule has 1 unspecified atom stereocenters. The van der Waals surface area contributed by atoms with E-state index in [1.54, 1.807) is 6.07 Å². The van der Waals surface area contributed by atoms with Gasteiger partial charge in [0.05, 0.1) is 0 Å². The van der Waals surface area contributed by atoms with Crippen molar-refractivity contribution in [2.75, 3.05) is 13.1 Å². The number of nitriles is 1. The van der Waals surface area contributed by atoms with Crippen LogP contribution in [0, 0.1) is 18.3 Å². The van der Waals surface area contributed by atoms with Crippen molar-refractivity contribution in [2.45, 2.75) is 19.4 Å². The molecule has 15 heavy (non-hydrogen) atoms. The lowest BCUT2D eigenvalue weighted by atomic mass is 10.2. The molecule has 1 N–H and O–H groups in total. The summed E-state index contributed by atoms with van der Waals surface area (Å²) in [5.41, 5.74) is 1.38. The number of aromatic nitrogens is 1. The molecule has 1 aliphatic heterocycles. The quantitative estimate of drug-likeness (QED) is 0.779. The molecule has 1 aromatic rings. The van der Waals surface area contributed by atoms with E-state index in [1.807, 2.05) is 13.0 Å². The van der Waals surface area contributed by atoms with Crippen LogP contribution in [0.2, 0.25) is 0 Å². The minimum absolute atomic E-state index is 0.145. The van der Waals surface area contributed by atoms with Crippen LogP contribution in [-0.4, -0.2) is 24.2 Å². The number of aryl methyl sites for hydroxylation is 1. The summed E-state index contributed by atoms with van der Waals surface area (Å²) in [5, 5.41) is 12.1. The Kier molecular flexibility index (Phi) is 2.84. The number of nitrogens with zero attached hydrogens (tertiary/aromatic N) is 2. The lowest BCUT2D eigenvalue weighted by Gasteiger charge is -2.12. The third-order valence-corrected chi connectivity index (χ3v) is 2.41. The summed E-state index contributed by atoms with van der Waals surface area (Å²) in [7, 11) is 0. The summed E-state index contributed by atoms with van der Waals surface area (Å²) in [6, 6.07) is 5.66. The maximum absolute atomic E-state index is 8.90. The fourth-order valence-corrected chi connectivity index (χ4v) is 1.59. The SMILES string of the molecule is Cc1ccc(C#N)c(OC2CCNC2)n1. The molecule has 0 aliphatic carbocycles. The molecule has 4 heteroatoms. The Morgan fingerprint density at radius 1 is 1.60 bits per heavy atom. The van der Waals surface area contributed by atoms with E-state index in [-0.39, 0.29) is 6.10 Å². The Hall–Kier alpha value is -1.60. The molecule has 0 aromatic carbocycles. The first-order valence-electron chi connectivity index (χ1n) is 5.04. The fraction of sp³-hybridized carbons (Fsp3) is 0.455. The molecule has 0 radical (unpaired) electrons. The third kappa shape index (κ3) is 2.25. The van der Waals surface area contributed by atoms with Gasteiger partial charge in [-0.05, 0) is 32.0 Å². The predicted molar refractivity (Wildman–Crippen MR) is 55.6 cm³/mol. The van der Waals surface area contributed by atoms with Gasteiger partial charge in [0, 0.05) is 12.2 Å². The van der Waals surface area contributed by atoms with E-state index in [0.717, 1.165) is 25.2 Å². The van der Waals surface area contributed by atoms with Crippen molar-refractivity contribution >= 4 is 0 Å². The van der Waals surface area contributed by atoms with Crippen molar-refractivity contribution in [3.63, 3.8) is 0 Å². The number of nitrogens with one attached hydrogen (secondary N) is 1. The van der Waals surface area contributed by atoms with Crippen LogP contribution in [-0.2, 0) is 0 Å². The summed E-state index contributed by atoms with van der Waals surface area (Å²) >= 11 is 0. The largest absolute Gasteiger partial charge is 0.472 e. The molecule has 1 aromatic heterocycles. The van der Waals surface area contributed by atoms with Gasteiger partial charge in [0.15, 0.2) is 0 Å². The minimum Gasteiger partial charge on any atom is -0.472 e. The van der Waals surface area contributed by atoms with Crippen LogP contribution in [0.1, 0.15) is 17.7 Å². The molecule has 78 valence electrons. The molecule has 2 rings (SSSR count). The monoisotopic (exact) mass is 203 g/mol. The molecule has 1 aliphatic rings. The Morgan fingerprint density at radius 3 is 3.13 bits per heavy atom. The van der Waals surface area contributed by atoms with E-state index in [2.05, 4.69) is 16.4 Å². The van der Waals surface area contributed by atoms with Gasteiger partial charge in [-0.2, -0.15) is 5.26 Å². The number of pyridine rings is 1. The number of rotatable bonds is 2. The fourth-order valence-electron chi connectivity index (χ4n) is 1.59. The zero-order chi connectivity index (χ0) is 10.7. The third-order valence-electron chi connectivity index (χ3n) is 2.41. The maximum atomic E-state index is 8.90. The Bertz CT molecular complexity index is 391. The number of hydrogen-bond acceptors (Lipinski definition) is 4. The highest BCUT2D eigenvalue weighted by molar-refractivity contribution is 5.38. The Balaban J connectivity index is 2.18. The van der Waals surface area contributed by atoms with Crippen LogP contribution in [0.3, 0.4) is 0 Å². The van der Waals surface area contributed by atoms with Crippen LogP contribution in [0.15, 0.2) is 12.1 Å². The second-order valence-corrected chi connectivity index (χ2v) is 3.65. The smallest absolute Gasteiger partial charge is 0.232 e. The molecule has 0 amide bonds. The van der Waals surface area contributed by atoms with Crippen molar-refractivity contribution in [1.82, 2.24) is 10.3 Å². The summed E-state index contributed by atoms with van der Waals surface area (Å²) < 4.78 is 5.68. The maximum Gasteiger partial charge on any atom is 0.232 e. The highest BCUT2D eigenvalue weighted by Gasteiger charge is 2.18. The van der Waals surface area contributed by atoms with Crippen LogP contribution < -0.4 is 10.1 Å². The van der Waals surface area contributed by atoms with Gasteiger partial charge in [-0.1, -0.05) is 0 Å². The van der Waals surface area contributed by atoms with E-state index in [4.69, 9.17) is 10.00 Å².